The number of hydrogen-bond donors (Lipinski definition) is 1. The van der Waals surface area contributed by atoms with Gasteiger partial charge in [-0.15, -0.1) is 0 Å². The van der Waals surface area contributed by atoms with Crippen molar-refractivity contribution in [2.75, 3.05) is 57.5 Å². The Morgan fingerprint density at radius 2 is 1.89 bits per heavy atom. The van der Waals surface area contributed by atoms with Crippen molar-refractivity contribution in [3.63, 3.8) is 0 Å². The number of hydrogen-bond acceptors (Lipinski definition) is 8. The fourth-order valence-electron chi connectivity index (χ4n) is 5.88. The van der Waals surface area contributed by atoms with E-state index in [-0.39, 0.29) is 12.7 Å². The summed E-state index contributed by atoms with van der Waals surface area (Å²) in [5.74, 6) is 2.71. The number of rotatable bonds is 5. The molecule has 6 rings (SSSR count). The molecule has 3 aliphatic rings. The first-order valence-corrected chi connectivity index (χ1v) is 13.1. The summed E-state index contributed by atoms with van der Waals surface area (Å²) in [6.45, 7) is 9.04. The first kappa shape index (κ1) is 22.6. The molecule has 0 bridgehead atoms. The third-order valence-corrected chi connectivity index (χ3v) is 7.84. The Hall–Kier alpha value is -2.59. The van der Waals surface area contributed by atoms with Crippen LogP contribution in [0.2, 0.25) is 0 Å². The number of fused-ring (bicyclic) bond motifs is 1. The van der Waals surface area contributed by atoms with Gasteiger partial charge < -0.3 is 19.5 Å². The molecule has 5 heterocycles. The fraction of sp³-hybridized carbons (Fsp3) is 0.593. The van der Waals surface area contributed by atoms with Gasteiger partial charge in [-0.25, -0.2) is 14.6 Å². The second-order valence-electron chi connectivity index (χ2n) is 10.2. The third-order valence-electron chi connectivity index (χ3n) is 7.84. The Balaban J connectivity index is 1.28. The second kappa shape index (κ2) is 10.0. The van der Waals surface area contributed by atoms with Gasteiger partial charge in [-0.05, 0) is 75.4 Å². The van der Waals surface area contributed by atoms with Crippen LogP contribution in [0, 0.1) is 13.8 Å². The highest BCUT2D eigenvalue weighted by molar-refractivity contribution is 5.82. The molecule has 3 fully saturated rings. The number of nitrogens with zero attached hydrogens (tertiary/aromatic N) is 6. The molecule has 0 saturated carbocycles. The SMILES string of the molecule is [2H]C1(N2CCC(c3cc4c(cnn4-c4cc(N5CCO[C@@H](CO)C5)nc(C)n4)cc3C)CC2)CCOC1. The lowest BCUT2D eigenvalue weighted by atomic mass is 9.86. The highest BCUT2D eigenvalue weighted by Crippen LogP contribution is 2.34. The maximum atomic E-state index is 9.56. The molecule has 3 aromatic rings. The van der Waals surface area contributed by atoms with Gasteiger partial charge >= 0.3 is 0 Å². The Morgan fingerprint density at radius 3 is 2.67 bits per heavy atom. The van der Waals surface area contributed by atoms with E-state index in [2.05, 4.69) is 33.8 Å². The van der Waals surface area contributed by atoms with Gasteiger partial charge in [0.25, 0.3) is 0 Å². The molecule has 1 aromatic carbocycles. The summed E-state index contributed by atoms with van der Waals surface area (Å²) in [5.41, 5.74) is 3.70. The van der Waals surface area contributed by atoms with Crippen LogP contribution in [0.1, 0.15) is 43.5 Å². The minimum atomic E-state index is -0.553. The van der Waals surface area contributed by atoms with E-state index in [1.165, 1.54) is 11.1 Å². The summed E-state index contributed by atoms with van der Waals surface area (Å²) in [6.07, 6.45) is 4.59. The molecular formula is C27H36N6O3. The zero-order valence-corrected chi connectivity index (χ0v) is 21.2. The average molecular weight is 494 g/mol. The summed E-state index contributed by atoms with van der Waals surface area (Å²) in [4.78, 5) is 13.9. The van der Waals surface area contributed by atoms with E-state index in [1.807, 2.05) is 23.9 Å². The number of aliphatic hydroxyl groups excluding tert-OH is 1. The van der Waals surface area contributed by atoms with Gasteiger partial charge in [0.1, 0.15) is 11.6 Å². The topological polar surface area (TPSA) is 88.8 Å². The van der Waals surface area contributed by atoms with E-state index in [0.717, 1.165) is 61.4 Å². The van der Waals surface area contributed by atoms with Crippen LogP contribution >= 0.6 is 0 Å². The van der Waals surface area contributed by atoms with Crippen molar-refractivity contribution in [2.24, 2.45) is 0 Å². The van der Waals surface area contributed by atoms with E-state index in [0.29, 0.717) is 38.1 Å². The highest BCUT2D eigenvalue weighted by Gasteiger charge is 2.29. The number of ether oxygens (including phenoxy) is 2. The Morgan fingerprint density at radius 1 is 1.06 bits per heavy atom. The minimum absolute atomic E-state index is 0.00513. The predicted octanol–water partition coefficient (Wildman–Crippen LogP) is 2.60. The lowest BCUT2D eigenvalue weighted by molar-refractivity contribution is 0.00335. The van der Waals surface area contributed by atoms with Crippen LogP contribution < -0.4 is 4.90 Å². The molecular weight excluding hydrogens is 456 g/mol. The number of piperidine rings is 1. The summed E-state index contributed by atoms with van der Waals surface area (Å²) < 4.78 is 21.9. The number of aromatic nitrogens is 4. The molecule has 0 spiro atoms. The molecule has 9 heteroatoms. The van der Waals surface area contributed by atoms with Gasteiger partial charge in [0.05, 0.1) is 37.6 Å². The van der Waals surface area contributed by atoms with Crippen molar-refractivity contribution in [2.45, 2.75) is 51.1 Å². The molecule has 2 atom stereocenters. The van der Waals surface area contributed by atoms with Crippen molar-refractivity contribution in [1.82, 2.24) is 24.6 Å². The molecule has 192 valence electrons. The fourth-order valence-corrected chi connectivity index (χ4v) is 5.88. The maximum absolute atomic E-state index is 9.56. The van der Waals surface area contributed by atoms with Gasteiger partial charge in [0.2, 0.25) is 0 Å². The van der Waals surface area contributed by atoms with Crippen molar-refractivity contribution in [3.8, 4) is 5.82 Å². The zero-order chi connectivity index (χ0) is 25.6. The van der Waals surface area contributed by atoms with E-state index < -0.39 is 6.02 Å². The van der Waals surface area contributed by atoms with Crippen molar-refractivity contribution in [3.05, 3.63) is 41.3 Å². The molecule has 36 heavy (non-hydrogen) atoms. The molecule has 0 radical (unpaired) electrons. The van der Waals surface area contributed by atoms with Crippen LogP contribution in [0.4, 0.5) is 5.82 Å². The lowest BCUT2D eigenvalue weighted by Gasteiger charge is -2.36. The van der Waals surface area contributed by atoms with Gasteiger partial charge in [-0.2, -0.15) is 5.10 Å². The van der Waals surface area contributed by atoms with Gasteiger partial charge in [0, 0.05) is 38.5 Å². The first-order valence-electron chi connectivity index (χ1n) is 13.6. The smallest absolute Gasteiger partial charge is 0.159 e. The van der Waals surface area contributed by atoms with Crippen molar-refractivity contribution >= 4 is 16.7 Å². The second-order valence-corrected chi connectivity index (χ2v) is 10.2. The average Bonchev–Trinajstić information content (AvgIpc) is 3.54. The zero-order valence-electron chi connectivity index (χ0n) is 22.2. The van der Waals surface area contributed by atoms with Crippen molar-refractivity contribution < 1.29 is 16.0 Å². The van der Waals surface area contributed by atoms with E-state index in [4.69, 9.17) is 20.9 Å². The minimum Gasteiger partial charge on any atom is -0.394 e. The molecule has 0 amide bonds. The number of anilines is 1. The van der Waals surface area contributed by atoms with Gasteiger partial charge in [-0.1, -0.05) is 0 Å². The Bertz CT molecular complexity index is 1270. The molecule has 9 nitrogen and oxygen atoms in total. The molecule has 1 unspecified atom stereocenters. The molecule has 0 aliphatic carbocycles. The standard InChI is InChI=1S/C27H36N6O3/c1-18-11-21-14-28-33(27-13-26(29-19(2)30-27)32-8-10-36-23(15-32)16-34)25(21)12-24(18)20-3-6-31(7-4-20)22-5-9-35-17-22/h11-14,20,22-23,34H,3-10,15-17H2,1-2H3/t22?,23-/m1/s1/i22D. The highest BCUT2D eigenvalue weighted by atomic mass is 16.5. The number of aliphatic hydroxyl groups is 1. The number of morpholine rings is 1. The Kier molecular flexibility index (Phi) is 6.31. The number of aryl methyl sites for hydroxylation is 2. The molecule has 1 N–H and O–H groups in total. The number of benzene rings is 1. The summed E-state index contributed by atoms with van der Waals surface area (Å²) >= 11 is 0. The maximum Gasteiger partial charge on any atom is 0.159 e. The van der Waals surface area contributed by atoms with Gasteiger partial charge in [0.15, 0.2) is 5.82 Å². The van der Waals surface area contributed by atoms with Crippen LogP contribution in [-0.4, -0.2) is 94.5 Å². The summed E-state index contributed by atoms with van der Waals surface area (Å²) in [5, 5.41) is 15.4. The van der Waals surface area contributed by atoms with Crippen LogP contribution in [0.3, 0.4) is 0 Å². The molecule has 3 aliphatic heterocycles. The van der Waals surface area contributed by atoms with E-state index >= 15 is 0 Å². The van der Waals surface area contributed by atoms with Crippen LogP contribution in [0.5, 0.6) is 0 Å². The predicted molar refractivity (Wildman–Crippen MR) is 138 cm³/mol. The number of likely N-dealkylation sites (tertiary alicyclic amines) is 1. The summed E-state index contributed by atoms with van der Waals surface area (Å²) in [7, 11) is 0. The van der Waals surface area contributed by atoms with Crippen molar-refractivity contribution in [1.29, 1.82) is 0 Å². The van der Waals surface area contributed by atoms with E-state index in [9.17, 15) is 5.11 Å². The van der Waals surface area contributed by atoms with Crippen LogP contribution in [0.15, 0.2) is 24.4 Å². The summed E-state index contributed by atoms with van der Waals surface area (Å²) in [6, 6.07) is 5.96. The molecule has 2 aromatic heterocycles. The quantitative estimate of drug-likeness (QED) is 0.580. The van der Waals surface area contributed by atoms with Crippen LogP contribution in [-0.2, 0) is 9.47 Å². The van der Waals surface area contributed by atoms with Gasteiger partial charge in [-0.3, -0.25) is 4.90 Å². The monoisotopic (exact) mass is 493 g/mol. The van der Waals surface area contributed by atoms with Crippen LogP contribution in [0.25, 0.3) is 16.7 Å². The van der Waals surface area contributed by atoms with E-state index in [1.54, 1.807) is 0 Å². The first-order chi connectivity index (χ1) is 17.9. The molecule has 3 saturated heterocycles. The Labute approximate surface area is 213 Å². The normalized spacial score (nSPS) is 26.6. The lowest BCUT2D eigenvalue weighted by Crippen LogP contribution is -2.44. The largest absolute Gasteiger partial charge is 0.394 e. The third kappa shape index (κ3) is 4.61.